The maximum absolute atomic E-state index is 12.3. The van der Waals surface area contributed by atoms with Crippen molar-refractivity contribution in [3.63, 3.8) is 0 Å². The molecule has 0 radical (unpaired) electrons. The van der Waals surface area contributed by atoms with Crippen molar-refractivity contribution in [1.29, 1.82) is 0 Å². The molecule has 6 heteroatoms. The molecule has 1 atom stereocenters. The Kier molecular flexibility index (Phi) is 4.88. The number of methoxy groups -OCH3 is 1. The molecule has 0 bridgehead atoms. The van der Waals surface area contributed by atoms with Gasteiger partial charge >= 0.3 is 0 Å². The lowest BCUT2D eigenvalue weighted by molar-refractivity contribution is 0.413. The molecule has 0 aliphatic heterocycles. The molecular formula is C15H16ClNO3S. The number of sulfonamides is 1. The third-order valence-corrected chi connectivity index (χ3v) is 4.81. The Morgan fingerprint density at radius 2 is 1.86 bits per heavy atom. The van der Waals surface area contributed by atoms with Gasteiger partial charge in [0, 0.05) is 11.1 Å². The molecule has 0 spiro atoms. The smallest absolute Gasteiger partial charge is 0.241 e. The maximum atomic E-state index is 12.3. The van der Waals surface area contributed by atoms with E-state index in [9.17, 15) is 8.42 Å². The fourth-order valence-corrected chi connectivity index (χ4v) is 3.45. The van der Waals surface area contributed by atoms with E-state index in [-0.39, 0.29) is 10.9 Å². The van der Waals surface area contributed by atoms with Crippen LogP contribution in [0.5, 0.6) is 5.75 Å². The number of nitrogens with one attached hydrogen (secondary N) is 1. The third kappa shape index (κ3) is 3.97. The third-order valence-electron chi connectivity index (χ3n) is 3.03. The zero-order chi connectivity index (χ0) is 15.5. The van der Waals surface area contributed by atoms with E-state index in [2.05, 4.69) is 4.72 Å². The summed E-state index contributed by atoms with van der Waals surface area (Å²) in [5.74, 6) is 0.682. The van der Waals surface area contributed by atoms with Crippen molar-refractivity contribution >= 4 is 21.6 Å². The van der Waals surface area contributed by atoms with Gasteiger partial charge in [-0.15, -0.1) is 0 Å². The quantitative estimate of drug-likeness (QED) is 0.916. The van der Waals surface area contributed by atoms with Gasteiger partial charge in [0.05, 0.1) is 12.0 Å². The van der Waals surface area contributed by atoms with Gasteiger partial charge in [-0.05, 0) is 42.8 Å². The predicted molar refractivity (Wildman–Crippen MR) is 83.2 cm³/mol. The number of hydrogen-bond acceptors (Lipinski definition) is 3. The Balaban J connectivity index is 2.23. The van der Waals surface area contributed by atoms with Crippen LogP contribution in [-0.4, -0.2) is 15.5 Å². The number of ether oxygens (including phenoxy) is 1. The van der Waals surface area contributed by atoms with Gasteiger partial charge in [-0.2, -0.15) is 0 Å². The van der Waals surface area contributed by atoms with E-state index in [0.29, 0.717) is 10.8 Å². The van der Waals surface area contributed by atoms with Gasteiger partial charge in [0.25, 0.3) is 0 Å². The molecule has 2 aromatic rings. The van der Waals surface area contributed by atoms with Crippen LogP contribution in [0.1, 0.15) is 18.5 Å². The summed E-state index contributed by atoms with van der Waals surface area (Å²) >= 11 is 5.84. The van der Waals surface area contributed by atoms with Crippen LogP contribution in [0.15, 0.2) is 53.4 Å². The van der Waals surface area contributed by atoms with E-state index < -0.39 is 10.0 Å². The van der Waals surface area contributed by atoms with Crippen molar-refractivity contribution in [2.45, 2.75) is 17.9 Å². The van der Waals surface area contributed by atoms with E-state index in [0.717, 1.165) is 5.56 Å². The minimum Gasteiger partial charge on any atom is -0.497 e. The summed E-state index contributed by atoms with van der Waals surface area (Å²) in [6.07, 6.45) is 0. The van der Waals surface area contributed by atoms with E-state index in [1.807, 2.05) is 18.2 Å². The lowest BCUT2D eigenvalue weighted by Gasteiger charge is -2.15. The molecule has 0 aromatic heterocycles. The van der Waals surface area contributed by atoms with Crippen LogP contribution in [-0.2, 0) is 10.0 Å². The molecule has 112 valence electrons. The summed E-state index contributed by atoms with van der Waals surface area (Å²) in [7, 11) is -2.06. The van der Waals surface area contributed by atoms with Crippen LogP contribution in [0.4, 0.5) is 0 Å². The van der Waals surface area contributed by atoms with Gasteiger partial charge in [-0.3, -0.25) is 0 Å². The second-order valence-corrected chi connectivity index (χ2v) is 6.73. The molecule has 0 saturated carbocycles. The van der Waals surface area contributed by atoms with Gasteiger partial charge in [0.15, 0.2) is 0 Å². The minimum atomic E-state index is -3.62. The fraction of sp³-hybridized carbons (Fsp3) is 0.200. The van der Waals surface area contributed by atoms with E-state index in [4.69, 9.17) is 16.3 Å². The van der Waals surface area contributed by atoms with Crippen LogP contribution in [0.3, 0.4) is 0 Å². The second-order valence-electron chi connectivity index (χ2n) is 4.58. The van der Waals surface area contributed by atoms with Gasteiger partial charge < -0.3 is 4.74 Å². The number of rotatable bonds is 5. The highest BCUT2D eigenvalue weighted by atomic mass is 35.5. The Hall–Kier alpha value is -1.56. The summed E-state index contributed by atoms with van der Waals surface area (Å²) in [6.45, 7) is 1.77. The molecule has 1 N–H and O–H groups in total. The summed E-state index contributed by atoms with van der Waals surface area (Å²) in [6, 6.07) is 13.0. The number of halogens is 1. The molecule has 0 aliphatic carbocycles. The molecule has 21 heavy (non-hydrogen) atoms. The summed E-state index contributed by atoms with van der Waals surface area (Å²) in [4.78, 5) is 0.143. The first-order chi connectivity index (χ1) is 9.92. The fourth-order valence-electron chi connectivity index (χ4n) is 1.91. The standard InChI is InChI=1S/C15H16ClNO3S/c1-11(12-5-3-7-14(9-12)20-2)17-21(18,19)15-8-4-6-13(16)10-15/h3-11,17H,1-2H3. The van der Waals surface area contributed by atoms with Crippen LogP contribution >= 0.6 is 11.6 Å². The van der Waals surface area contributed by atoms with E-state index in [1.54, 1.807) is 32.2 Å². The predicted octanol–water partition coefficient (Wildman–Crippen LogP) is 3.39. The van der Waals surface area contributed by atoms with Crippen LogP contribution in [0.2, 0.25) is 5.02 Å². The van der Waals surface area contributed by atoms with Crippen molar-refractivity contribution in [1.82, 2.24) is 4.72 Å². The van der Waals surface area contributed by atoms with E-state index >= 15 is 0 Å². The second kappa shape index (κ2) is 6.47. The van der Waals surface area contributed by atoms with Crippen molar-refractivity contribution in [2.24, 2.45) is 0 Å². The Morgan fingerprint density at radius 3 is 2.52 bits per heavy atom. The van der Waals surface area contributed by atoms with E-state index in [1.165, 1.54) is 12.1 Å². The Bertz CT molecular complexity index is 731. The summed E-state index contributed by atoms with van der Waals surface area (Å²) in [5, 5.41) is 0.381. The Labute approximate surface area is 129 Å². The first-order valence-corrected chi connectivity index (χ1v) is 8.20. The van der Waals surface area contributed by atoms with Crippen molar-refractivity contribution in [3.05, 3.63) is 59.1 Å². The van der Waals surface area contributed by atoms with Crippen LogP contribution in [0.25, 0.3) is 0 Å². The average Bonchev–Trinajstić information content (AvgIpc) is 2.47. The van der Waals surface area contributed by atoms with Crippen LogP contribution < -0.4 is 9.46 Å². The van der Waals surface area contributed by atoms with Crippen molar-refractivity contribution < 1.29 is 13.2 Å². The summed E-state index contributed by atoms with van der Waals surface area (Å²) < 4.78 is 32.4. The monoisotopic (exact) mass is 325 g/mol. The molecule has 1 unspecified atom stereocenters. The van der Waals surface area contributed by atoms with Crippen molar-refractivity contribution in [3.8, 4) is 5.75 Å². The molecule has 0 amide bonds. The topological polar surface area (TPSA) is 55.4 Å². The molecule has 2 aromatic carbocycles. The highest BCUT2D eigenvalue weighted by Gasteiger charge is 2.18. The maximum Gasteiger partial charge on any atom is 0.241 e. The number of hydrogen-bond donors (Lipinski definition) is 1. The highest BCUT2D eigenvalue weighted by Crippen LogP contribution is 2.22. The van der Waals surface area contributed by atoms with Gasteiger partial charge in [-0.25, -0.2) is 13.1 Å². The molecule has 0 fully saturated rings. The first-order valence-electron chi connectivity index (χ1n) is 6.34. The molecule has 0 saturated heterocycles. The first kappa shape index (κ1) is 15.8. The van der Waals surface area contributed by atoms with Crippen LogP contribution in [0, 0.1) is 0 Å². The largest absolute Gasteiger partial charge is 0.497 e. The molecule has 2 rings (SSSR count). The summed E-state index contributed by atoms with van der Waals surface area (Å²) in [5.41, 5.74) is 0.819. The Morgan fingerprint density at radius 1 is 1.14 bits per heavy atom. The van der Waals surface area contributed by atoms with Gasteiger partial charge in [0.1, 0.15) is 5.75 Å². The van der Waals surface area contributed by atoms with Gasteiger partial charge in [0.2, 0.25) is 10.0 Å². The minimum absolute atomic E-state index is 0.143. The molecule has 0 heterocycles. The van der Waals surface area contributed by atoms with Gasteiger partial charge in [-0.1, -0.05) is 29.8 Å². The zero-order valence-corrected chi connectivity index (χ0v) is 13.3. The zero-order valence-electron chi connectivity index (χ0n) is 11.7. The lowest BCUT2D eigenvalue weighted by Crippen LogP contribution is -2.26. The molecular weight excluding hydrogens is 310 g/mol. The average molecular weight is 326 g/mol. The number of benzene rings is 2. The lowest BCUT2D eigenvalue weighted by atomic mass is 10.1. The molecule has 0 aliphatic rings. The molecule has 4 nitrogen and oxygen atoms in total. The van der Waals surface area contributed by atoms with Crippen molar-refractivity contribution in [2.75, 3.05) is 7.11 Å². The highest BCUT2D eigenvalue weighted by molar-refractivity contribution is 7.89. The normalized spacial score (nSPS) is 12.9. The SMILES string of the molecule is COc1cccc(C(C)NS(=O)(=O)c2cccc(Cl)c2)c1.